The van der Waals surface area contributed by atoms with Crippen molar-refractivity contribution < 1.29 is 0 Å². The number of rotatable bonds is 4. The third-order valence-electron chi connectivity index (χ3n) is 2.13. The van der Waals surface area contributed by atoms with Gasteiger partial charge >= 0.3 is 0 Å². The summed E-state index contributed by atoms with van der Waals surface area (Å²) in [7, 11) is 0. The summed E-state index contributed by atoms with van der Waals surface area (Å²) in [4.78, 5) is 4.08. The fraction of sp³-hybridized carbons (Fsp3) is 0.500. The molecule has 0 saturated heterocycles. The van der Waals surface area contributed by atoms with E-state index < -0.39 is 0 Å². The molecule has 0 saturated carbocycles. The summed E-state index contributed by atoms with van der Waals surface area (Å²) in [5.41, 5.74) is 7.68. The van der Waals surface area contributed by atoms with Crippen LogP contribution in [0.15, 0.2) is 28.0 Å². The van der Waals surface area contributed by atoms with E-state index in [-0.39, 0.29) is 0 Å². The van der Waals surface area contributed by atoms with Gasteiger partial charge in [-0.25, -0.2) is 4.99 Å². The molecule has 0 rings (SSSR count). The van der Waals surface area contributed by atoms with Gasteiger partial charge in [0.1, 0.15) is 11.8 Å². The Labute approximate surface area is 92.0 Å². The number of aliphatic imine (C=N–C) groups is 1. The molecule has 0 bridgehead atoms. The third-order valence-corrected chi connectivity index (χ3v) is 2.13. The van der Waals surface area contributed by atoms with Crippen LogP contribution in [0.1, 0.15) is 34.1 Å². The monoisotopic (exact) mass is 205 g/mol. The van der Waals surface area contributed by atoms with Crippen molar-refractivity contribution in [2.45, 2.75) is 34.1 Å². The van der Waals surface area contributed by atoms with E-state index in [2.05, 4.69) is 11.1 Å². The predicted molar refractivity (Wildman–Crippen MR) is 64.2 cm³/mol. The molecule has 0 radical (unpaired) electrons. The van der Waals surface area contributed by atoms with Crippen LogP contribution in [0.4, 0.5) is 0 Å². The average Bonchev–Trinajstić information content (AvgIpc) is 2.18. The van der Waals surface area contributed by atoms with E-state index in [1.165, 1.54) is 6.21 Å². The van der Waals surface area contributed by atoms with Crippen molar-refractivity contribution in [2.75, 3.05) is 0 Å². The number of hydrogen-bond donors (Lipinski definition) is 1. The lowest BCUT2D eigenvalue weighted by Gasteiger charge is -2.04. The molecule has 0 aliphatic heterocycles. The largest absolute Gasteiger partial charge is 0.398 e. The molecular weight excluding hydrogens is 186 g/mol. The van der Waals surface area contributed by atoms with Gasteiger partial charge in [-0.3, -0.25) is 0 Å². The van der Waals surface area contributed by atoms with E-state index in [1.807, 2.05) is 33.8 Å². The van der Waals surface area contributed by atoms with Crippen molar-refractivity contribution in [3.63, 3.8) is 0 Å². The lowest BCUT2D eigenvalue weighted by molar-refractivity contribution is 0.760. The Balaban J connectivity index is 4.84. The van der Waals surface area contributed by atoms with Crippen molar-refractivity contribution in [2.24, 2.45) is 16.6 Å². The van der Waals surface area contributed by atoms with Gasteiger partial charge in [0, 0.05) is 5.70 Å². The molecule has 0 aliphatic carbocycles. The van der Waals surface area contributed by atoms with E-state index in [4.69, 9.17) is 11.0 Å². The first-order valence-electron chi connectivity index (χ1n) is 5.13. The highest BCUT2D eigenvalue weighted by Gasteiger charge is 2.03. The van der Waals surface area contributed by atoms with Gasteiger partial charge in [-0.2, -0.15) is 5.26 Å². The summed E-state index contributed by atoms with van der Waals surface area (Å²) in [5, 5.41) is 8.91. The predicted octanol–water partition coefficient (Wildman–Crippen LogP) is 2.76. The van der Waals surface area contributed by atoms with E-state index in [9.17, 15) is 0 Å². The molecule has 0 fully saturated rings. The molecule has 15 heavy (non-hydrogen) atoms. The summed E-state index contributed by atoms with van der Waals surface area (Å²) in [6.45, 7) is 7.99. The van der Waals surface area contributed by atoms with Crippen molar-refractivity contribution in [3.05, 3.63) is 23.0 Å². The summed E-state index contributed by atoms with van der Waals surface area (Å²) < 4.78 is 0. The first kappa shape index (κ1) is 13.4. The first-order valence-corrected chi connectivity index (χ1v) is 5.13. The van der Waals surface area contributed by atoms with Crippen LogP contribution < -0.4 is 5.73 Å². The molecule has 2 N–H and O–H groups in total. The van der Waals surface area contributed by atoms with Crippen LogP contribution in [-0.2, 0) is 0 Å². The van der Waals surface area contributed by atoms with Gasteiger partial charge in [-0.15, -0.1) is 0 Å². The maximum atomic E-state index is 8.91. The van der Waals surface area contributed by atoms with Gasteiger partial charge in [0.2, 0.25) is 0 Å². The summed E-state index contributed by atoms with van der Waals surface area (Å²) in [6, 6.07) is 2.08. The average molecular weight is 205 g/mol. The van der Waals surface area contributed by atoms with Gasteiger partial charge in [0.25, 0.3) is 0 Å². The Morgan fingerprint density at radius 2 is 2.13 bits per heavy atom. The topological polar surface area (TPSA) is 62.2 Å². The number of hydrogen-bond acceptors (Lipinski definition) is 3. The first-order chi connectivity index (χ1) is 7.02. The zero-order valence-electron chi connectivity index (χ0n) is 9.91. The second-order valence-corrected chi connectivity index (χ2v) is 3.67. The SMILES string of the molecule is CC/C=C(N)/C=N\C(C#N)=C(/C)C(C)C. The molecule has 0 spiro atoms. The van der Waals surface area contributed by atoms with Gasteiger partial charge in [0.05, 0.1) is 6.21 Å². The van der Waals surface area contributed by atoms with E-state index >= 15 is 0 Å². The van der Waals surface area contributed by atoms with E-state index in [0.717, 1.165) is 12.0 Å². The minimum atomic E-state index is 0.327. The number of nitrogens with two attached hydrogens (primary N) is 1. The number of allylic oxidation sites excluding steroid dienone is 4. The molecule has 82 valence electrons. The highest BCUT2D eigenvalue weighted by molar-refractivity contribution is 5.78. The Kier molecular flexibility index (Phi) is 6.12. The van der Waals surface area contributed by atoms with Gasteiger partial charge in [0.15, 0.2) is 0 Å². The molecule has 3 heteroatoms. The molecule has 0 atom stereocenters. The lowest BCUT2D eigenvalue weighted by Crippen LogP contribution is -1.99. The molecule has 0 aromatic carbocycles. The quantitative estimate of drug-likeness (QED) is 0.566. The highest BCUT2D eigenvalue weighted by atomic mass is 14.8. The lowest BCUT2D eigenvalue weighted by atomic mass is 10.0. The molecule has 0 amide bonds. The van der Waals surface area contributed by atoms with Gasteiger partial charge < -0.3 is 5.73 Å². The summed E-state index contributed by atoms with van der Waals surface area (Å²) in [5.74, 6) is 0.327. The minimum Gasteiger partial charge on any atom is -0.398 e. The maximum Gasteiger partial charge on any atom is 0.139 e. The summed E-state index contributed by atoms with van der Waals surface area (Å²) in [6.07, 6.45) is 4.27. The molecule has 0 heterocycles. The van der Waals surface area contributed by atoms with Crippen LogP contribution >= 0.6 is 0 Å². The number of nitrogens with zero attached hydrogens (tertiary/aromatic N) is 2. The Morgan fingerprint density at radius 3 is 2.53 bits per heavy atom. The van der Waals surface area contributed by atoms with Crippen molar-refractivity contribution in [1.29, 1.82) is 5.26 Å². The van der Waals surface area contributed by atoms with Gasteiger partial charge in [-0.1, -0.05) is 26.8 Å². The van der Waals surface area contributed by atoms with Crippen molar-refractivity contribution in [3.8, 4) is 6.07 Å². The Bertz CT molecular complexity index is 327. The highest BCUT2D eigenvalue weighted by Crippen LogP contribution is 2.14. The number of nitriles is 1. The fourth-order valence-corrected chi connectivity index (χ4v) is 0.920. The summed E-state index contributed by atoms with van der Waals surface area (Å²) >= 11 is 0. The normalized spacial score (nSPS) is 14.3. The molecule has 3 nitrogen and oxygen atoms in total. The second-order valence-electron chi connectivity index (χ2n) is 3.67. The molecule has 0 aromatic rings. The molecule has 0 aromatic heterocycles. The van der Waals surface area contributed by atoms with E-state index in [0.29, 0.717) is 17.3 Å². The fourth-order valence-electron chi connectivity index (χ4n) is 0.920. The van der Waals surface area contributed by atoms with Crippen molar-refractivity contribution in [1.82, 2.24) is 0 Å². The molecular formula is C12H19N3. The maximum absolute atomic E-state index is 8.91. The van der Waals surface area contributed by atoms with Gasteiger partial charge in [-0.05, 0) is 24.8 Å². The molecule has 0 unspecified atom stereocenters. The Morgan fingerprint density at radius 1 is 1.53 bits per heavy atom. The van der Waals surface area contributed by atoms with Crippen LogP contribution in [-0.4, -0.2) is 6.21 Å². The van der Waals surface area contributed by atoms with Crippen LogP contribution in [0.5, 0.6) is 0 Å². The van der Waals surface area contributed by atoms with Crippen LogP contribution in [0.3, 0.4) is 0 Å². The minimum absolute atomic E-state index is 0.327. The third kappa shape index (κ3) is 5.02. The molecule has 0 aliphatic rings. The zero-order chi connectivity index (χ0) is 11.8. The smallest absolute Gasteiger partial charge is 0.139 e. The Hall–Kier alpha value is -1.56. The van der Waals surface area contributed by atoms with Crippen LogP contribution in [0.2, 0.25) is 0 Å². The van der Waals surface area contributed by atoms with E-state index in [1.54, 1.807) is 0 Å². The standard InChI is InChI=1S/C12H19N3/c1-5-6-11(14)8-15-12(7-13)10(4)9(2)3/h6,8-9H,5,14H2,1-4H3/b11-6-,12-10+,15-8-. The van der Waals surface area contributed by atoms with Crippen molar-refractivity contribution >= 4 is 6.21 Å². The van der Waals surface area contributed by atoms with Crippen LogP contribution in [0.25, 0.3) is 0 Å². The second kappa shape index (κ2) is 6.83. The van der Waals surface area contributed by atoms with Crippen LogP contribution in [0, 0.1) is 17.2 Å². The zero-order valence-corrected chi connectivity index (χ0v) is 9.91.